The van der Waals surface area contributed by atoms with E-state index in [0.29, 0.717) is 32.2 Å². The van der Waals surface area contributed by atoms with Gasteiger partial charge in [0.1, 0.15) is 0 Å². The molecule has 5 nitrogen and oxygen atoms in total. The predicted molar refractivity (Wildman–Crippen MR) is 72.4 cm³/mol. The summed E-state index contributed by atoms with van der Waals surface area (Å²) >= 11 is 0. The number of benzene rings is 1. The zero-order valence-corrected chi connectivity index (χ0v) is 11.6. The fourth-order valence-electron chi connectivity index (χ4n) is 2.45. The number of hydrogen-bond acceptors (Lipinski definition) is 4. The second-order valence-electron chi connectivity index (χ2n) is 4.88. The van der Waals surface area contributed by atoms with E-state index in [1.54, 1.807) is 4.90 Å². The molecule has 0 atom stereocenters. The number of alkyl halides is 3. The zero-order chi connectivity index (χ0) is 15.6. The average molecular weight is 303 g/mol. The first-order chi connectivity index (χ1) is 9.82. The highest BCUT2D eigenvalue weighted by Crippen LogP contribution is 2.39. The van der Waals surface area contributed by atoms with Crippen molar-refractivity contribution < 1.29 is 18.1 Å². The molecule has 0 bridgehead atoms. The van der Waals surface area contributed by atoms with Crippen LogP contribution in [0.25, 0.3) is 0 Å². The van der Waals surface area contributed by atoms with Crippen LogP contribution in [-0.4, -0.2) is 42.5 Å². The number of nitro groups is 1. The molecule has 1 aromatic carbocycles. The Balaban J connectivity index is 2.33. The molecular formula is C13H16F3N3O2. The average Bonchev–Trinajstić information content (AvgIpc) is 2.46. The molecule has 1 aliphatic rings. The van der Waals surface area contributed by atoms with Crippen LogP contribution in [0.2, 0.25) is 0 Å². The van der Waals surface area contributed by atoms with Crippen LogP contribution >= 0.6 is 0 Å². The van der Waals surface area contributed by atoms with E-state index in [2.05, 4.69) is 4.90 Å². The van der Waals surface area contributed by atoms with Gasteiger partial charge < -0.3 is 9.80 Å². The quantitative estimate of drug-likeness (QED) is 0.636. The van der Waals surface area contributed by atoms with Gasteiger partial charge in [-0.05, 0) is 12.6 Å². The summed E-state index contributed by atoms with van der Waals surface area (Å²) in [5, 5.41) is 10.7. The van der Waals surface area contributed by atoms with Crippen LogP contribution in [-0.2, 0) is 6.18 Å². The van der Waals surface area contributed by atoms with Gasteiger partial charge in [-0.25, -0.2) is 0 Å². The molecule has 21 heavy (non-hydrogen) atoms. The highest BCUT2D eigenvalue weighted by molar-refractivity contribution is 5.59. The number of halogens is 3. The third-order valence-electron chi connectivity index (χ3n) is 3.66. The Hall–Kier alpha value is -1.83. The van der Waals surface area contributed by atoms with E-state index in [-0.39, 0.29) is 5.69 Å². The SMILES string of the molecule is CCN1CCN(c2ccc([N+](=O)[O-])cc2C(F)(F)F)CC1. The lowest BCUT2D eigenvalue weighted by atomic mass is 10.1. The summed E-state index contributed by atoms with van der Waals surface area (Å²) in [5.74, 6) is 0. The van der Waals surface area contributed by atoms with Gasteiger partial charge in [0.25, 0.3) is 5.69 Å². The van der Waals surface area contributed by atoms with Gasteiger partial charge >= 0.3 is 6.18 Å². The van der Waals surface area contributed by atoms with Crippen LogP contribution in [0.1, 0.15) is 12.5 Å². The van der Waals surface area contributed by atoms with Crippen molar-refractivity contribution in [1.82, 2.24) is 4.90 Å². The number of anilines is 1. The smallest absolute Gasteiger partial charge is 0.368 e. The van der Waals surface area contributed by atoms with Crippen LogP contribution in [0.5, 0.6) is 0 Å². The molecule has 0 amide bonds. The molecule has 0 aromatic heterocycles. The maximum atomic E-state index is 13.1. The summed E-state index contributed by atoms with van der Waals surface area (Å²) in [6, 6.07) is 2.93. The second kappa shape index (κ2) is 5.88. The Labute approximate surface area is 120 Å². The molecule has 1 aliphatic heterocycles. The Kier molecular flexibility index (Phi) is 4.36. The minimum absolute atomic E-state index is 0.0175. The van der Waals surface area contributed by atoms with E-state index in [4.69, 9.17) is 0 Å². The fourth-order valence-corrected chi connectivity index (χ4v) is 2.45. The van der Waals surface area contributed by atoms with E-state index in [0.717, 1.165) is 12.6 Å². The summed E-state index contributed by atoms with van der Waals surface area (Å²) in [7, 11) is 0. The summed E-state index contributed by atoms with van der Waals surface area (Å²) in [6.07, 6.45) is -4.61. The Bertz CT molecular complexity index is 526. The molecule has 1 fully saturated rings. The largest absolute Gasteiger partial charge is 0.418 e. The molecule has 0 saturated carbocycles. The molecule has 0 spiro atoms. The van der Waals surface area contributed by atoms with Crippen molar-refractivity contribution in [1.29, 1.82) is 0 Å². The lowest BCUT2D eigenvalue weighted by Crippen LogP contribution is -2.46. The zero-order valence-electron chi connectivity index (χ0n) is 11.6. The monoisotopic (exact) mass is 303 g/mol. The van der Waals surface area contributed by atoms with Crippen LogP contribution < -0.4 is 4.90 Å². The summed E-state index contributed by atoms with van der Waals surface area (Å²) < 4.78 is 39.4. The molecule has 0 unspecified atom stereocenters. The first-order valence-corrected chi connectivity index (χ1v) is 6.66. The fraction of sp³-hybridized carbons (Fsp3) is 0.538. The number of piperazine rings is 1. The van der Waals surface area contributed by atoms with Gasteiger partial charge in [-0.15, -0.1) is 0 Å². The van der Waals surface area contributed by atoms with Crippen molar-refractivity contribution in [2.24, 2.45) is 0 Å². The molecule has 0 aliphatic carbocycles. The molecule has 1 saturated heterocycles. The Morgan fingerprint density at radius 3 is 2.33 bits per heavy atom. The minimum atomic E-state index is -4.61. The molecule has 0 radical (unpaired) electrons. The topological polar surface area (TPSA) is 49.6 Å². The molecule has 0 N–H and O–H groups in total. The number of nitrogens with zero attached hydrogens (tertiary/aromatic N) is 3. The normalized spacial score (nSPS) is 17.0. The van der Waals surface area contributed by atoms with Crippen molar-refractivity contribution in [3.05, 3.63) is 33.9 Å². The van der Waals surface area contributed by atoms with Crippen molar-refractivity contribution in [3.8, 4) is 0 Å². The molecule has 8 heteroatoms. The second-order valence-corrected chi connectivity index (χ2v) is 4.88. The number of non-ortho nitro benzene ring substituents is 1. The summed E-state index contributed by atoms with van der Waals surface area (Å²) in [5.41, 5.74) is -1.47. The van der Waals surface area contributed by atoms with Gasteiger partial charge in [0.15, 0.2) is 0 Å². The van der Waals surface area contributed by atoms with Gasteiger partial charge in [-0.3, -0.25) is 10.1 Å². The first kappa shape index (κ1) is 15.6. The van der Waals surface area contributed by atoms with E-state index >= 15 is 0 Å². The van der Waals surface area contributed by atoms with Gasteiger partial charge in [-0.1, -0.05) is 6.92 Å². The summed E-state index contributed by atoms with van der Waals surface area (Å²) in [6.45, 7) is 5.20. The van der Waals surface area contributed by atoms with Crippen molar-refractivity contribution in [3.63, 3.8) is 0 Å². The highest BCUT2D eigenvalue weighted by atomic mass is 19.4. The third kappa shape index (κ3) is 3.44. The minimum Gasteiger partial charge on any atom is -0.368 e. The number of likely N-dealkylation sites (N-methyl/N-ethyl adjacent to an activating group) is 1. The number of nitro benzene ring substituents is 1. The van der Waals surface area contributed by atoms with E-state index in [1.165, 1.54) is 6.07 Å². The van der Waals surface area contributed by atoms with Crippen LogP contribution in [0.15, 0.2) is 18.2 Å². The van der Waals surface area contributed by atoms with Crippen LogP contribution in [0.4, 0.5) is 24.5 Å². The van der Waals surface area contributed by atoms with Crippen LogP contribution in [0, 0.1) is 10.1 Å². The van der Waals surface area contributed by atoms with E-state index < -0.39 is 22.4 Å². The summed E-state index contributed by atoms with van der Waals surface area (Å²) in [4.78, 5) is 13.6. The Morgan fingerprint density at radius 2 is 1.86 bits per heavy atom. The first-order valence-electron chi connectivity index (χ1n) is 6.66. The highest BCUT2D eigenvalue weighted by Gasteiger charge is 2.37. The van der Waals surface area contributed by atoms with Gasteiger partial charge in [-0.2, -0.15) is 13.2 Å². The van der Waals surface area contributed by atoms with Gasteiger partial charge in [0.2, 0.25) is 0 Å². The molecule has 116 valence electrons. The third-order valence-corrected chi connectivity index (χ3v) is 3.66. The maximum absolute atomic E-state index is 13.1. The predicted octanol–water partition coefficient (Wildman–Crippen LogP) is 2.76. The van der Waals surface area contributed by atoms with E-state index in [1.807, 2.05) is 6.92 Å². The van der Waals surface area contributed by atoms with Crippen molar-refractivity contribution in [2.45, 2.75) is 13.1 Å². The molecule has 2 rings (SSSR count). The van der Waals surface area contributed by atoms with Crippen molar-refractivity contribution >= 4 is 11.4 Å². The lowest BCUT2D eigenvalue weighted by Gasteiger charge is -2.36. The number of rotatable bonds is 3. The lowest BCUT2D eigenvalue weighted by molar-refractivity contribution is -0.385. The van der Waals surface area contributed by atoms with Gasteiger partial charge in [0.05, 0.1) is 10.5 Å². The Morgan fingerprint density at radius 1 is 1.24 bits per heavy atom. The van der Waals surface area contributed by atoms with Gasteiger partial charge in [0, 0.05) is 44.0 Å². The van der Waals surface area contributed by atoms with E-state index in [9.17, 15) is 23.3 Å². The molecule has 1 heterocycles. The molecular weight excluding hydrogens is 287 g/mol. The van der Waals surface area contributed by atoms with Crippen LogP contribution in [0.3, 0.4) is 0 Å². The maximum Gasteiger partial charge on any atom is 0.418 e. The number of hydrogen-bond donors (Lipinski definition) is 0. The van der Waals surface area contributed by atoms with Crippen molar-refractivity contribution in [2.75, 3.05) is 37.6 Å². The molecule has 1 aromatic rings. The standard InChI is InChI=1S/C13H16F3N3O2/c1-2-17-5-7-18(8-6-17)12-4-3-10(19(20)21)9-11(12)13(14,15)16/h3-4,9H,2,5-8H2,1H3.